The van der Waals surface area contributed by atoms with Gasteiger partial charge in [0.2, 0.25) is 0 Å². The minimum absolute atomic E-state index is 0. The zero-order chi connectivity index (χ0) is 14.5. The summed E-state index contributed by atoms with van der Waals surface area (Å²) in [6.45, 7) is 2.33. The number of nitrogens with two attached hydrogens (primary N) is 1. The Bertz CT molecular complexity index is 564. The first-order valence-corrected chi connectivity index (χ1v) is 7.28. The number of benzene rings is 1. The molecule has 1 aromatic heterocycles. The second kappa shape index (κ2) is 8.33. The van der Waals surface area contributed by atoms with Crippen LogP contribution in [0, 0.1) is 11.7 Å². The molecule has 0 bridgehead atoms. The van der Waals surface area contributed by atoms with Crippen molar-refractivity contribution in [3.8, 4) is 5.69 Å². The molecule has 0 amide bonds. The van der Waals surface area contributed by atoms with Crippen molar-refractivity contribution >= 4 is 24.2 Å². The van der Waals surface area contributed by atoms with Crippen LogP contribution in [0.25, 0.3) is 5.69 Å². The van der Waals surface area contributed by atoms with Crippen LogP contribution in [0.4, 0.5) is 4.39 Å². The summed E-state index contributed by atoms with van der Waals surface area (Å²) in [6, 6.07) is 6.11. The summed E-state index contributed by atoms with van der Waals surface area (Å²) in [4.78, 5) is 0. The topological polar surface area (TPSA) is 77.0 Å². The molecule has 116 valence electrons. The molecule has 1 aromatic carbocycles. The predicted octanol–water partition coefficient (Wildman–Crippen LogP) is 2.01. The number of aliphatic hydroxyl groups excluding tert-OH is 1. The molecule has 8 heteroatoms. The summed E-state index contributed by atoms with van der Waals surface area (Å²) in [5.74, 6) is 1.22. The minimum Gasteiger partial charge on any atom is -0.396 e. The molecule has 0 radical (unpaired) electrons. The molecule has 2 rings (SSSR count). The van der Waals surface area contributed by atoms with Gasteiger partial charge in [0.05, 0.1) is 6.54 Å². The van der Waals surface area contributed by atoms with Gasteiger partial charge in [0.15, 0.2) is 11.0 Å². The van der Waals surface area contributed by atoms with E-state index in [0.29, 0.717) is 11.0 Å². The molecule has 0 aliphatic heterocycles. The van der Waals surface area contributed by atoms with Crippen LogP contribution in [0.2, 0.25) is 0 Å². The fourth-order valence-corrected chi connectivity index (χ4v) is 2.62. The van der Waals surface area contributed by atoms with Gasteiger partial charge in [-0.25, -0.2) is 4.39 Å². The minimum atomic E-state index is -0.292. The Kier molecular flexibility index (Phi) is 7.10. The highest BCUT2D eigenvalue weighted by Gasteiger charge is 2.14. The predicted molar refractivity (Wildman–Crippen MR) is 83.4 cm³/mol. The van der Waals surface area contributed by atoms with E-state index in [1.165, 1.54) is 23.9 Å². The molecule has 1 heterocycles. The molecular weight excluding hydrogens is 315 g/mol. The van der Waals surface area contributed by atoms with Crippen molar-refractivity contribution in [1.29, 1.82) is 0 Å². The third-order valence-corrected chi connectivity index (χ3v) is 4.03. The van der Waals surface area contributed by atoms with Gasteiger partial charge < -0.3 is 10.8 Å². The van der Waals surface area contributed by atoms with Crippen molar-refractivity contribution in [1.82, 2.24) is 14.8 Å². The monoisotopic (exact) mass is 332 g/mol. The van der Waals surface area contributed by atoms with Crippen LogP contribution < -0.4 is 5.73 Å². The Morgan fingerprint density at radius 1 is 1.33 bits per heavy atom. The van der Waals surface area contributed by atoms with Crippen LogP contribution in [0.1, 0.15) is 12.7 Å². The zero-order valence-electron chi connectivity index (χ0n) is 11.6. The Morgan fingerprint density at radius 2 is 2.00 bits per heavy atom. The molecule has 2 aromatic rings. The molecule has 0 saturated carbocycles. The van der Waals surface area contributed by atoms with E-state index < -0.39 is 0 Å². The number of aliphatic hydroxyl groups is 1. The van der Waals surface area contributed by atoms with Crippen LogP contribution in [0.3, 0.4) is 0 Å². The van der Waals surface area contributed by atoms with Crippen molar-refractivity contribution in [3.63, 3.8) is 0 Å². The Balaban J connectivity index is 0.00000220. The van der Waals surface area contributed by atoms with E-state index in [9.17, 15) is 4.39 Å². The maximum absolute atomic E-state index is 13.0. The molecule has 0 unspecified atom stereocenters. The van der Waals surface area contributed by atoms with Crippen molar-refractivity contribution in [2.45, 2.75) is 18.6 Å². The van der Waals surface area contributed by atoms with Gasteiger partial charge in [-0.2, -0.15) is 0 Å². The van der Waals surface area contributed by atoms with E-state index in [4.69, 9.17) is 10.8 Å². The molecule has 1 atom stereocenters. The largest absolute Gasteiger partial charge is 0.396 e. The summed E-state index contributed by atoms with van der Waals surface area (Å²) in [7, 11) is 0. The van der Waals surface area contributed by atoms with Crippen molar-refractivity contribution < 1.29 is 9.50 Å². The Labute approximate surface area is 133 Å². The van der Waals surface area contributed by atoms with E-state index in [-0.39, 0.29) is 37.3 Å². The second-order valence-electron chi connectivity index (χ2n) is 4.51. The van der Waals surface area contributed by atoms with Gasteiger partial charge in [-0.3, -0.25) is 4.57 Å². The maximum atomic E-state index is 13.0. The van der Waals surface area contributed by atoms with Crippen LogP contribution in [-0.4, -0.2) is 32.2 Å². The van der Waals surface area contributed by atoms with Crippen LogP contribution in [-0.2, 0) is 6.54 Å². The highest BCUT2D eigenvalue weighted by Crippen LogP contribution is 2.23. The van der Waals surface area contributed by atoms with Crippen molar-refractivity contribution in [3.05, 3.63) is 35.9 Å². The smallest absolute Gasteiger partial charge is 0.195 e. The van der Waals surface area contributed by atoms with Crippen molar-refractivity contribution in [2.75, 3.05) is 12.4 Å². The average molecular weight is 333 g/mol. The highest BCUT2D eigenvalue weighted by atomic mass is 35.5. The van der Waals surface area contributed by atoms with Crippen molar-refractivity contribution in [2.24, 2.45) is 11.7 Å². The summed E-state index contributed by atoms with van der Waals surface area (Å²) >= 11 is 1.50. The van der Waals surface area contributed by atoms with Gasteiger partial charge >= 0.3 is 0 Å². The Morgan fingerprint density at radius 3 is 2.57 bits per heavy atom. The van der Waals surface area contributed by atoms with Crippen LogP contribution >= 0.6 is 24.2 Å². The Hall–Kier alpha value is -1.15. The summed E-state index contributed by atoms with van der Waals surface area (Å²) < 4.78 is 14.8. The lowest BCUT2D eigenvalue weighted by Crippen LogP contribution is -2.09. The van der Waals surface area contributed by atoms with E-state index in [1.807, 2.05) is 11.5 Å². The van der Waals surface area contributed by atoms with E-state index in [0.717, 1.165) is 11.4 Å². The first-order valence-electron chi connectivity index (χ1n) is 6.29. The molecule has 0 saturated heterocycles. The van der Waals surface area contributed by atoms with Gasteiger partial charge in [-0.15, -0.1) is 22.6 Å². The van der Waals surface area contributed by atoms with E-state index in [1.54, 1.807) is 12.1 Å². The molecule has 5 nitrogen and oxygen atoms in total. The number of hydrogen-bond donors (Lipinski definition) is 2. The third kappa shape index (κ3) is 4.41. The molecule has 0 spiro atoms. The number of thioether (sulfide) groups is 1. The van der Waals surface area contributed by atoms with Crippen LogP contribution in [0.15, 0.2) is 29.4 Å². The first kappa shape index (κ1) is 17.9. The molecule has 0 fully saturated rings. The van der Waals surface area contributed by atoms with E-state index in [2.05, 4.69) is 10.2 Å². The average Bonchev–Trinajstić information content (AvgIpc) is 2.88. The highest BCUT2D eigenvalue weighted by molar-refractivity contribution is 7.99. The molecular formula is C13H18ClFN4OS. The number of hydrogen-bond acceptors (Lipinski definition) is 5. The van der Waals surface area contributed by atoms with Gasteiger partial charge in [0.1, 0.15) is 5.82 Å². The molecule has 21 heavy (non-hydrogen) atoms. The first-order chi connectivity index (χ1) is 9.65. The SMILES string of the molecule is C[C@H](CO)CSc1nnc(CN)n1-c1ccc(F)cc1.Cl. The second-order valence-corrected chi connectivity index (χ2v) is 5.50. The fourth-order valence-electron chi connectivity index (χ4n) is 1.64. The van der Waals surface area contributed by atoms with Gasteiger partial charge in [0, 0.05) is 18.0 Å². The van der Waals surface area contributed by atoms with Gasteiger partial charge in [-0.05, 0) is 30.2 Å². The molecule has 3 N–H and O–H groups in total. The summed E-state index contributed by atoms with van der Waals surface area (Å²) in [5, 5.41) is 17.9. The number of rotatable bonds is 6. The normalized spacial score (nSPS) is 12.0. The van der Waals surface area contributed by atoms with Gasteiger partial charge in [-0.1, -0.05) is 18.7 Å². The lowest BCUT2D eigenvalue weighted by atomic mass is 10.2. The summed E-state index contributed by atoms with van der Waals surface area (Å²) in [5.41, 5.74) is 6.44. The fraction of sp³-hybridized carbons (Fsp3) is 0.385. The number of nitrogens with zero attached hydrogens (tertiary/aromatic N) is 3. The molecule has 0 aliphatic carbocycles. The summed E-state index contributed by atoms with van der Waals surface area (Å²) in [6.07, 6.45) is 0. The lowest BCUT2D eigenvalue weighted by molar-refractivity contribution is 0.250. The third-order valence-electron chi connectivity index (χ3n) is 2.78. The standard InChI is InChI=1S/C13H17FN4OS.ClH/c1-9(7-19)8-20-13-17-16-12(6-15)18(13)11-4-2-10(14)3-5-11;/h2-5,9,19H,6-8,15H2,1H3;1H/t9-;/m1./s1. The molecule has 0 aliphatic rings. The number of halogens is 2. The van der Waals surface area contributed by atoms with Crippen LogP contribution in [0.5, 0.6) is 0 Å². The van der Waals surface area contributed by atoms with E-state index >= 15 is 0 Å². The number of aromatic nitrogens is 3. The lowest BCUT2D eigenvalue weighted by Gasteiger charge is -2.10. The zero-order valence-corrected chi connectivity index (χ0v) is 13.2. The maximum Gasteiger partial charge on any atom is 0.195 e. The van der Waals surface area contributed by atoms with Gasteiger partial charge in [0.25, 0.3) is 0 Å². The quantitative estimate of drug-likeness (QED) is 0.791.